The molecule has 4 aliphatic carbocycles. The van der Waals surface area contributed by atoms with Crippen LogP contribution in [-0.2, 0) is 0 Å². The van der Waals surface area contributed by atoms with Crippen molar-refractivity contribution in [3.05, 3.63) is 11.6 Å². The first kappa shape index (κ1) is 7.92. The highest BCUT2D eigenvalue weighted by atomic mass is 16.3. The molecule has 0 spiro atoms. The van der Waals surface area contributed by atoms with Crippen LogP contribution in [0.3, 0.4) is 0 Å². The lowest BCUT2D eigenvalue weighted by Crippen LogP contribution is -2.29. The van der Waals surface area contributed by atoms with E-state index in [9.17, 15) is 5.11 Å². The van der Waals surface area contributed by atoms with Crippen LogP contribution in [0.5, 0.6) is 0 Å². The maximum atomic E-state index is 9.44. The second-order valence-electron chi connectivity index (χ2n) is 5.82. The summed E-state index contributed by atoms with van der Waals surface area (Å²) in [7, 11) is 0. The highest BCUT2D eigenvalue weighted by molar-refractivity contribution is 5.31. The van der Waals surface area contributed by atoms with E-state index in [1.54, 1.807) is 5.57 Å². The lowest BCUT2D eigenvalue weighted by Gasteiger charge is -2.35. The van der Waals surface area contributed by atoms with Crippen LogP contribution in [-0.4, -0.2) is 11.7 Å². The fourth-order valence-corrected chi connectivity index (χ4v) is 4.46. The van der Waals surface area contributed by atoms with E-state index >= 15 is 0 Å². The largest absolute Gasteiger partial charge is 0.396 e. The summed E-state index contributed by atoms with van der Waals surface area (Å²) >= 11 is 0. The Hall–Kier alpha value is -0.300. The van der Waals surface area contributed by atoms with Crippen molar-refractivity contribution < 1.29 is 5.11 Å². The van der Waals surface area contributed by atoms with Crippen LogP contribution in [0.4, 0.5) is 0 Å². The maximum absolute atomic E-state index is 9.44. The first-order valence-electron chi connectivity index (χ1n) is 6.21. The minimum atomic E-state index is 0.433. The topological polar surface area (TPSA) is 20.2 Å². The van der Waals surface area contributed by atoms with Gasteiger partial charge in [0.05, 0.1) is 0 Å². The van der Waals surface area contributed by atoms with E-state index in [1.807, 2.05) is 0 Å². The van der Waals surface area contributed by atoms with Crippen molar-refractivity contribution in [1.82, 2.24) is 0 Å². The molecule has 1 nitrogen and oxygen atoms in total. The Bertz CT molecular complexity index is 306. The molecule has 0 aromatic carbocycles. The summed E-state index contributed by atoms with van der Waals surface area (Å²) in [6, 6.07) is 0. The van der Waals surface area contributed by atoms with Gasteiger partial charge in [-0.3, -0.25) is 0 Å². The lowest BCUT2D eigenvalue weighted by molar-refractivity contribution is 0.151. The van der Waals surface area contributed by atoms with E-state index in [0.29, 0.717) is 12.5 Å². The zero-order valence-corrected chi connectivity index (χ0v) is 8.52. The molecule has 0 heterocycles. The standard InChI is InChI=1S/C13H18O/c14-6-7-2-1-3-8-9-4-10(9)11-5-12(11)13(7)8/h3,7,9-14H,1-2,4-6H2. The van der Waals surface area contributed by atoms with E-state index in [1.165, 1.54) is 25.7 Å². The van der Waals surface area contributed by atoms with Crippen molar-refractivity contribution in [2.75, 3.05) is 6.61 Å². The van der Waals surface area contributed by atoms with Crippen LogP contribution in [0, 0.1) is 35.5 Å². The summed E-state index contributed by atoms with van der Waals surface area (Å²) in [5, 5.41) is 9.44. The van der Waals surface area contributed by atoms with Crippen molar-refractivity contribution in [3.8, 4) is 0 Å². The van der Waals surface area contributed by atoms with Gasteiger partial charge >= 0.3 is 0 Å². The fourth-order valence-electron chi connectivity index (χ4n) is 4.46. The van der Waals surface area contributed by atoms with E-state index in [4.69, 9.17) is 0 Å². The summed E-state index contributed by atoms with van der Waals surface area (Å²) in [5.74, 6) is 5.55. The molecule has 4 rings (SSSR count). The monoisotopic (exact) mass is 190 g/mol. The Morgan fingerprint density at radius 1 is 1.21 bits per heavy atom. The Morgan fingerprint density at radius 2 is 2.14 bits per heavy atom. The molecule has 14 heavy (non-hydrogen) atoms. The Labute approximate surface area is 85.2 Å². The molecule has 0 saturated heterocycles. The minimum absolute atomic E-state index is 0.433. The van der Waals surface area contributed by atoms with E-state index in [2.05, 4.69) is 6.08 Å². The van der Waals surface area contributed by atoms with Gasteiger partial charge in [0.15, 0.2) is 0 Å². The predicted molar refractivity (Wildman–Crippen MR) is 54.6 cm³/mol. The van der Waals surface area contributed by atoms with Crippen LogP contribution in [0.15, 0.2) is 11.6 Å². The van der Waals surface area contributed by atoms with E-state index in [0.717, 1.165) is 29.6 Å². The number of hydrogen-bond donors (Lipinski definition) is 1. The van der Waals surface area contributed by atoms with Gasteiger partial charge in [0, 0.05) is 6.61 Å². The Kier molecular flexibility index (Phi) is 1.38. The van der Waals surface area contributed by atoms with Gasteiger partial charge in [-0.2, -0.15) is 0 Å². The zero-order chi connectivity index (χ0) is 9.28. The number of allylic oxidation sites excluding steroid dienone is 2. The molecular weight excluding hydrogens is 172 g/mol. The van der Waals surface area contributed by atoms with Crippen LogP contribution < -0.4 is 0 Å². The molecular formula is C13H18O. The van der Waals surface area contributed by atoms with E-state index in [-0.39, 0.29) is 0 Å². The van der Waals surface area contributed by atoms with Gasteiger partial charge in [-0.05, 0) is 61.2 Å². The summed E-state index contributed by atoms with van der Waals surface area (Å²) in [4.78, 5) is 0. The van der Waals surface area contributed by atoms with Gasteiger partial charge in [-0.25, -0.2) is 0 Å². The van der Waals surface area contributed by atoms with Gasteiger partial charge in [-0.1, -0.05) is 11.6 Å². The smallest absolute Gasteiger partial charge is 0.0465 e. The fraction of sp³-hybridized carbons (Fsp3) is 0.846. The van der Waals surface area contributed by atoms with Gasteiger partial charge < -0.3 is 5.11 Å². The van der Waals surface area contributed by atoms with Crippen LogP contribution in [0.2, 0.25) is 0 Å². The molecule has 0 bridgehead atoms. The molecule has 6 unspecified atom stereocenters. The zero-order valence-electron chi connectivity index (χ0n) is 8.52. The number of aliphatic hydroxyl groups is 1. The SMILES string of the molecule is OCC1CCC=C2C3CC3C3CC3C21. The first-order valence-corrected chi connectivity index (χ1v) is 6.21. The summed E-state index contributed by atoms with van der Waals surface area (Å²) in [6.07, 6.45) is 7.97. The molecule has 4 aliphatic rings. The maximum Gasteiger partial charge on any atom is 0.0465 e. The molecule has 1 heteroatoms. The van der Waals surface area contributed by atoms with E-state index < -0.39 is 0 Å². The first-order chi connectivity index (χ1) is 6.90. The number of rotatable bonds is 1. The van der Waals surface area contributed by atoms with Crippen LogP contribution in [0.25, 0.3) is 0 Å². The second kappa shape index (κ2) is 2.44. The molecule has 0 amide bonds. The molecule has 3 fully saturated rings. The van der Waals surface area contributed by atoms with Gasteiger partial charge in [-0.15, -0.1) is 0 Å². The van der Waals surface area contributed by atoms with Gasteiger partial charge in [0.1, 0.15) is 0 Å². The third kappa shape index (κ3) is 0.850. The lowest BCUT2D eigenvalue weighted by atomic mass is 9.71. The molecule has 3 saturated carbocycles. The highest BCUT2D eigenvalue weighted by Crippen LogP contribution is 2.71. The minimum Gasteiger partial charge on any atom is -0.396 e. The van der Waals surface area contributed by atoms with Crippen molar-refractivity contribution in [1.29, 1.82) is 0 Å². The average molecular weight is 190 g/mol. The molecule has 1 N–H and O–H groups in total. The number of fused-ring (bicyclic) bond motifs is 6. The predicted octanol–water partition coefficient (Wildman–Crippen LogP) is 2.22. The van der Waals surface area contributed by atoms with Crippen LogP contribution in [0.1, 0.15) is 25.7 Å². The number of hydrogen-bond acceptors (Lipinski definition) is 1. The Morgan fingerprint density at radius 3 is 3.00 bits per heavy atom. The molecule has 0 aromatic heterocycles. The van der Waals surface area contributed by atoms with Crippen LogP contribution >= 0.6 is 0 Å². The summed E-state index contributed by atoms with van der Waals surface area (Å²) < 4.78 is 0. The second-order valence-corrected chi connectivity index (χ2v) is 5.82. The normalized spacial score (nSPS) is 57.9. The number of aliphatic hydroxyl groups excluding tert-OH is 1. The van der Waals surface area contributed by atoms with Crippen molar-refractivity contribution in [2.24, 2.45) is 35.5 Å². The molecule has 76 valence electrons. The average Bonchev–Trinajstić information content (AvgIpc) is 3.06. The molecule has 0 aromatic rings. The molecule has 6 atom stereocenters. The Balaban J connectivity index is 1.72. The van der Waals surface area contributed by atoms with Crippen molar-refractivity contribution >= 4 is 0 Å². The third-order valence-corrected chi connectivity index (χ3v) is 5.22. The van der Waals surface area contributed by atoms with Crippen molar-refractivity contribution in [2.45, 2.75) is 25.7 Å². The summed E-state index contributed by atoms with van der Waals surface area (Å²) in [5.41, 5.74) is 1.78. The van der Waals surface area contributed by atoms with Crippen molar-refractivity contribution in [3.63, 3.8) is 0 Å². The molecule has 0 radical (unpaired) electrons. The van der Waals surface area contributed by atoms with Gasteiger partial charge in [0.25, 0.3) is 0 Å². The molecule has 0 aliphatic heterocycles. The summed E-state index contributed by atoms with van der Waals surface area (Å²) in [6.45, 7) is 0.433. The third-order valence-electron chi connectivity index (χ3n) is 5.22. The highest BCUT2D eigenvalue weighted by Gasteiger charge is 2.64. The van der Waals surface area contributed by atoms with Gasteiger partial charge in [0.2, 0.25) is 0 Å². The quantitative estimate of drug-likeness (QED) is 0.629.